The summed E-state index contributed by atoms with van der Waals surface area (Å²) in [6.45, 7) is 0.694. The van der Waals surface area contributed by atoms with Crippen LogP contribution in [0.15, 0.2) is 18.2 Å². The molecular weight excluding hydrogens is 236 g/mol. The summed E-state index contributed by atoms with van der Waals surface area (Å²) in [5.74, 6) is 0.495. The number of hydrogen-bond donors (Lipinski definition) is 2. The van der Waals surface area contributed by atoms with Crippen molar-refractivity contribution in [2.45, 2.75) is 31.7 Å². The van der Waals surface area contributed by atoms with Gasteiger partial charge in [0, 0.05) is 11.7 Å². The van der Waals surface area contributed by atoms with E-state index in [9.17, 15) is 0 Å². The summed E-state index contributed by atoms with van der Waals surface area (Å²) in [5, 5.41) is 21.4. The fraction of sp³-hybridized carbons (Fsp3) is 0.467. The fourth-order valence-corrected chi connectivity index (χ4v) is 2.72. The van der Waals surface area contributed by atoms with Crippen LogP contribution in [0.3, 0.4) is 0 Å². The van der Waals surface area contributed by atoms with Crippen molar-refractivity contribution >= 4 is 5.69 Å². The number of benzene rings is 1. The molecule has 0 radical (unpaired) electrons. The number of nitrogens with one attached hydrogen (secondary N) is 1. The first-order valence-electron chi connectivity index (χ1n) is 6.69. The third kappa shape index (κ3) is 3.05. The topological polar surface area (TPSA) is 85.6 Å². The van der Waals surface area contributed by atoms with E-state index in [1.807, 2.05) is 12.1 Å². The minimum absolute atomic E-state index is 0.373. The molecular formula is C15H18N4. The Balaban J connectivity index is 2.15. The molecule has 0 bridgehead atoms. The summed E-state index contributed by atoms with van der Waals surface area (Å²) in [6.07, 6.45) is 4.74. The van der Waals surface area contributed by atoms with Crippen molar-refractivity contribution in [2.75, 3.05) is 11.9 Å². The smallest absolute Gasteiger partial charge is 0.101 e. The van der Waals surface area contributed by atoms with Gasteiger partial charge in [0.2, 0.25) is 0 Å². The lowest BCUT2D eigenvalue weighted by molar-refractivity contribution is 0.332. The highest BCUT2D eigenvalue weighted by atomic mass is 14.9. The molecule has 4 heteroatoms. The Morgan fingerprint density at radius 2 is 1.89 bits per heavy atom. The van der Waals surface area contributed by atoms with Crippen LogP contribution in [-0.2, 0) is 0 Å². The molecule has 2 rings (SSSR count). The quantitative estimate of drug-likeness (QED) is 0.867. The second kappa shape index (κ2) is 6.22. The van der Waals surface area contributed by atoms with Crippen LogP contribution in [0.4, 0.5) is 5.69 Å². The first kappa shape index (κ1) is 13.4. The van der Waals surface area contributed by atoms with Crippen molar-refractivity contribution in [3.63, 3.8) is 0 Å². The number of nitrogens with two attached hydrogens (primary N) is 1. The Hall–Kier alpha value is -2.04. The largest absolute Gasteiger partial charge is 0.382 e. The van der Waals surface area contributed by atoms with Crippen molar-refractivity contribution in [1.82, 2.24) is 0 Å². The van der Waals surface area contributed by atoms with Gasteiger partial charge < -0.3 is 11.1 Å². The first-order chi connectivity index (χ1) is 9.28. The zero-order valence-electron chi connectivity index (χ0n) is 10.9. The van der Waals surface area contributed by atoms with E-state index in [4.69, 9.17) is 16.3 Å². The number of nitriles is 2. The highest BCUT2D eigenvalue weighted by molar-refractivity contribution is 5.56. The van der Waals surface area contributed by atoms with Crippen LogP contribution >= 0.6 is 0 Å². The zero-order valence-corrected chi connectivity index (χ0v) is 10.9. The summed E-state index contributed by atoms with van der Waals surface area (Å²) in [5.41, 5.74) is 7.56. The van der Waals surface area contributed by atoms with E-state index in [-0.39, 0.29) is 0 Å². The number of hydrogen-bond acceptors (Lipinski definition) is 4. The second-order valence-corrected chi connectivity index (χ2v) is 5.02. The summed E-state index contributed by atoms with van der Waals surface area (Å²) in [4.78, 5) is 0. The van der Waals surface area contributed by atoms with E-state index in [0.29, 0.717) is 29.6 Å². The van der Waals surface area contributed by atoms with Gasteiger partial charge >= 0.3 is 0 Å². The van der Waals surface area contributed by atoms with Crippen molar-refractivity contribution in [2.24, 2.45) is 11.7 Å². The van der Waals surface area contributed by atoms with Crippen molar-refractivity contribution in [3.05, 3.63) is 29.3 Å². The molecule has 19 heavy (non-hydrogen) atoms. The Kier molecular flexibility index (Phi) is 4.39. The van der Waals surface area contributed by atoms with Crippen molar-refractivity contribution < 1.29 is 0 Å². The maximum atomic E-state index is 9.03. The highest BCUT2D eigenvalue weighted by Gasteiger charge is 2.23. The monoisotopic (exact) mass is 254 g/mol. The number of rotatable bonds is 3. The molecule has 1 aliphatic carbocycles. The predicted octanol–water partition coefficient (Wildman–Crippen LogP) is 2.36. The average molecular weight is 254 g/mol. The molecule has 0 saturated heterocycles. The van der Waals surface area contributed by atoms with Gasteiger partial charge in [0.1, 0.15) is 12.1 Å². The van der Waals surface area contributed by atoms with E-state index in [2.05, 4.69) is 11.4 Å². The van der Waals surface area contributed by atoms with Crippen LogP contribution in [0.25, 0.3) is 0 Å². The highest BCUT2D eigenvalue weighted by Crippen LogP contribution is 2.27. The molecule has 0 spiro atoms. The molecule has 0 aromatic heterocycles. The van der Waals surface area contributed by atoms with Crippen LogP contribution in [0, 0.1) is 28.6 Å². The van der Waals surface area contributed by atoms with Gasteiger partial charge in [-0.25, -0.2) is 0 Å². The SMILES string of the molecule is N#Cc1ccc(NC2CCCCC2CN)cc1C#N. The maximum absolute atomic E-state index is 9.03. The third-order valence-corrected chi connectivity index (χ3v) is 3.82. The second-order valence-electron chi connectivity index (χ2n) is 5.02. The summed E-state index contributed by atoms with van der Waals surface area (Å²) in [7, 11) is 0. The molecule has 0 heterocycles. The zero-order chi connectivity index (χ0) is 13.7. The normalized spacial score (nSPS) is 22.3. The lowest BCUT2D eigenvalue weighted by Gasteiger charge is -2.32. The van der Waals surface area contributed by atoms with E-state index >= 15 is 0 Å². The lowest BCUT2D eigenvalue weighted by atomic mass is 9.84. The molecule has 0 amide bonds. The minimum atomic E-state index is 0.373. The van der Waals surface area contributed by atoms with Gasteiger partial charge in [0.25, 0.3) is 0 Å². The molecule has 4 nitrogen and oxygen atoms in total. The van der Waals surface area contributed by atoms with Gasteiger partial charge in [-0.15, -0.1) is 0 Å². The Bertz CT molecular complexity index is 524. The molecule has 2 atom stereocenters. The molecule has 0 aliphatic heterocycles. The molecule has 98 valence electrons. The van der Waals surface area contributed by atoms with Crippen molar-refractivity contribution in [3.8, 4) is 12.1 Å². The summed E-state index contributed by atoms with van der Waals surface area (Å²) in [6, 6.07) is 9.77. The minimum Gasteiger partial charge on any atom is -0.382 e. The number of anilines is 1. The predicted molar refractivity (Wildman–Crippen MR) is 74.3 cm³/mol. The standard InChI is InChI=1S/C15H18N4/c16-8-11-5-6-14(7-13(11)10-18)19-15-4-2-1-3-12(15)9-17/h5-7,12,15,19H,1-4,9,17H2. The number of nitrogens with zero attached hydrogens (tertiary/aromatic N) is 2. The Labute approximate surface area is 113 Å². The van der Waals surface area contributed by atoms with Gasteiger partial charge in [0.15, 0.2) is 0 Å². The van der Waals surface area contributed by atoms with Crippen LogP contribution in [0.5, 0.6) is 0 Å². The summed E-state index contributed by atoms with van der Waals surface area (Å²) >= 11 is 0. The van der Waals surface area contributed by atoms with Crippen molar-refractivity contribution in [1.29, 1.82) is 10.5 Å². The molecule has 1 fully saturated rings. The maximum Gasteiger partial charge on any atom is 0.101 e. The van der Waals surface area contributed by atoms with E-state index < -0.39 is 0 Å². The van der Waals surface area contributed by atoms with E-state index in [1.54, 1.807) is 12.1 Å². The van der Waals surface area contributed by atoms with E-state index in [0.717, 1.165) is 18.5 Å². The molecule has 2 unspecified atom stereocenters. The molecule has 1 aromatic rings. The lowest BCUT2D eigenvalue weighted by Crippen LogP contribution is -2.36. The van der Waals surface area contributed by atoms with Gasteiger partial charge in [-0.05, 0) is 43.5 Å². The van der Waals surface area contributed by atoms with Crippen LogP contribution in [0.2, 0.25) is 0 Å². The van der Waals surface area contributed by atoms with Crippen LogP contribution in [0.1, 0.15) is 36.8 Å². The Morgan fingerprint density at radius 3 is 2.58 bits per heavy atom. The van der Waals surface area contributed by atoms with Crippen LogP contribution < -0.4 is 11.1 Å². The first-order valence-corrected chi connectivity index (χ1v) is 6.69. The molecule has 1 aliphatic rings. The molecule has 1 aromatic carbocycles. The van der Waals surface area contributed by atoms with Gasteiger partial charge in [-0.2, -0.15) is 10.5 Å². The summed E-state index contributed by atoms with van der Waals surface area (Å²) < 4.78 is 0. The van der Waals surface area contributed by atoms with Crippen LogP contribution in [-0.4, -0.2) is 12.6 Å². The van der Waals surface area contributed by atoms with Gasteiger partial charge in [0.05, 0.1) is 11.1 Å². The average Bonchev–Trinajstić information content (AvgIpc) is 2.47. The molecule has 1 saturated carbocycles. The van der Waals surface area contributed by atoms with E-state index in [1.165, 1.54) is 12.8 Å². The third-order valence-electron chi connectivity index (χ3n) is 3.82. The van der Waals surface area contributed by atoms with Gasteiger partial charge in [-0.1, -0.05) is 12.8 Å². The fourth-order valence-electron chi connectivity index (χ4n) is 2.72. The Morgan fingerprint density at radius 1 is 1.16 bits per heavy atom. The van der Waals surface area contributed by atoms with Gasteiger partial charge in [-0.3, -0.25) is 0 Å². The molecule has 3 N–H and O–H groups in total.